The summed E-state index contributed by atoms with van der Waals surface area (Å²) < 4.78 is 34.0. The Bertz CT molecular complexity index is 1380. The SMILES string of the molecule is CCC(C(=O)NCC(C)C)N(Cc1ccccc1Cl)C(=O)CN(c1ccc(OC)cc1)S(=O)(=O)c1ccccc1. The molecule has 1 atom stereocenters. The van der Waals surface area contributed by atoms with Gasteiger partial charge in [-0.05, 0) is 60.4 Å². The molecule has 40 heavy (non-hydrogen) atoms. The minimum absolute atomic E-state index is 0.0357. The Hall–Kier alpha value is -3.56. The summed E-state index contributed by atoms with van der Waals surface area (Å²) in [6, 6.07) is 20.6. The number of halogens is 1. The smallest absolute Gasteiger partial charge is 0.264 e. The number of ether oxygens (including phenoxy) is 1. The highest BCUT2D eigenvalue weighted by atomic mass is 35.5. The fourth-order valence-corrected chi connectivity index (χ4v) is 5.78. The highest BCUT2D eigenvalue weighted by Gasteiger charge is 2.34. The van der Waals surface area contributed by atoms with Gasteiger partial charge in [-0.15, -0.1) is 0 Å². The zero-order valence-electron chi connectivity index (χ0n) is 23.2. The third-order valence-corrected chi connectivity index (χ3v) is 8.50. The van der Waals surface area contributed by atoms with Gasteiger partial charge in [-0.25, -0.2) is 8.42 Å². The number of anilines is 1. The number of benzene rings is 3. The van der Waals surface area contributed by atoms with E-state index in [1.54, 1.807) is 66.7 Å². The summed E-state index contributed by atoms with van der Waals surface area (Å²) in [6.07, 6.45) is 0.327. The van der Waals surface area contributed by atoms with Gasteiger partial charge < -0.3 is 15.0 Å². The van der Waals surface area contributed by atoms with Crippen LogP contribution in [0.4, 0.5) is 5.69 Å². The van der Waals surface area contributed by atoms with Crippen LogP contribution in [0.2, 0.25) is 5.02 Å². The van der Waals surface area contributed by atoms with Crippen molar-refractivity contribution in [1.29, 1.82) is 0 Å². The van der Waals surface area contributed by atoms with E-state index in [2.05, 4.69) is 5.32 Å². The predicted octanol–water partition coefficient (Wildman–Crippen LogP) is 5.12. The first-order valence-electron chi connectivity index (χ1n) is 13.1. The maximum absolute atomic E-state index is 14.1. The molecule has 0 aliphatic carbocycles. The molecule has 3 aromatic carbocycles. The second kappa shape index (κ2) is 14.2. The molecule has 1 unspecified atom stereocenters. The average molecular weight is 586 g/mol. The molecule has 0 saturated heterocycles. The Balaban J connectivity index is 2.05. The van der Waals surface area contributed by atoms with Crippen LogP contribution in [0.1, 0.15) is 32.8 Å². The lowest BCUT2D eigenvalue weighted by Crippen LogP contribution is -2.52. The van der Waals surface area contributed by atoms with E-state index in [9.17, 15) is 18.0 Å². The second-order valence-corrected chi connectivity index (χ2v) is 12.0. The summed E-state index contributed by atoms with van der Waals surface area (Å²) in [5.74, 6) is -0.0867. The summed E-state index contributed by atoms with van der Waals surface area (Å²) in [4.78, 5) is 28.8. The normalized spacial score (nSPS) is 12.1. The Morgan fingerprint density at radius 2 is 1.57 bits per heavy atom. The highest BCUT2D eigenvalue weighted by molar-refractivity contribution is 7.92. The van der Waals surface area contributed by atoms with Crippen molar-refractivity contribution < 1.29 is 22.7 Å². The molecule has 0 spiro atoms. The average Bonchev–Trinajstić information content (AvgIpc) is 2.96. The first-order valence-corrected chi connectivity index (χ1v) is 14.9. The van der Waals surface area contributed by atoms with E-state index in [1.165, 1.54) is 24.1 Å². The number of carbonyl (C=O) groups excluding carboxylic acids is 2. The van der Waals surface area contributed by atoms with Crippen LogP contribution >= 0.6 is 11.6 Å². The Labute approximate surface area is 241 Å². The van der Waals surface area contributed by atoms with Gasteiger partial charge in [0.25, 0.3) is 10.0 Å². The minimum Gasteiger partial charge on any atom is -0.497 e. The number of sulfonamides is 1. The van der Waals surface area contributed by atoms with E-state index in [0.29, 0.717) is 29.3 Å². The van der Waals surface area contributed by atoms with Gasteiger partial charge in [-0.1, -0.05) is 68.8 Å². The Morgan fingerprint density at radius 3 is 2.15 bits per heavy atom. The maximum Gasteiger partial charge on any atom is 0.264 e. The Kier molecular flexibility index (Phi) is 11.0. The molecule has 0 fully saturated rings. The number of nitrogens with zero attached hydrogens (tertiary/aromatic N) is 2. The lowest BCUT2D eigenvalue weighted by molar-refractivity contribution is -0.140. The topological polar surface area (TPSA) is 96.0 Å². The van der Waals surface area contributed by atoms with E-state index in [1.807, 2.05) is 20.8 Å². The largest absolute Gasteiger partial charge is 0.497 e. The van der Waals surface area contributed by atoms with Gasteiger partial charge in [0.1, 0.15) is 18.3 Å². The van der Waals surface area contributed by atoms with Gasteiger partial charge in [-0.3, -0.25) is 13.9 Å². The third-order valence-electron chi connectivity index (χ3n) is 6.34. The van der Waals surface area contributed by atoms with Crippen LogP contribution in [0.25, 0.3) is 0 Å². The van der Waals surface area contributed by atoms with E-state index >= 15 is 0 Å². The lowest BCUT2D eigenvalue weighted by Gasteiger charge is -2.33. The van der Waals surface area contributed by atoms with Crippen LogP contribution in [-0.2, 0) is 26.2 Å². The van der Waals surface area contributed by atoms with Crippen molar-refractivity contribution in [2.75, 3.05) is 24.5 Å². The number of hydrogen-bond acceptors (Lipinski definition) is 5. The van der Waals surface area contributed by atoms with Crippen molar-refractivity contribution in [2.24, 2.45) is 5.92 Å². The molecule has 0 heterocycles. The standard InChI is InChI=1S/C30H36ClN3O5S/c1-5-28(30(36)32-19-22(2)3)33(20-23-11-9-10-14-27(23)31)29(35)21-34(24-15-17-25(39-4)18-16-24)40(37,38)26-12-7-6-8-13-26/h6-18,22,28H,5,19-21H2,1-4H3,(H,32,36). The quantitative estimate of drug-likeness (QED) is 0.300. The molecule has 0 aliphatic heterocycles. The molecule has 0 aliphatic rings. The van der Waals surface area contributed by atoms with Gasteiger partial charge in [0.15, 0.2) is 0 Å². The summed E-state index contributed by atoms with van der Waals surface area (Å²) in [6.45, 7) is 5.73. The van der Waals surface area contributed by atoms with Crippen molar-refractivity contribution in [3.05, 3.63) is 89.4 Å². The van der Waals surface area contributed by atoms with Gasteiger partial charge in [0.2, 0.25) is 11.8 Å². The zero-order valence-corrected chi connectivity index (χ0v) is 24.8. The predicted molar refractivity (Wildman–Crippen MR) is 158 cm³/mol. The number of hydrogen-bond donors (Lipinski definition) is 1. The van der Waals surface area contributed by atoms with Crippen LogP contribution in [-0.4, -0.2) is 51.4 Å². The number of nitrogens with one attached hydrogen (secondary N) is 1. The van der Waals surface area contributed by atoms with Gasteiger partial charge >= 0.3 is 0 Å². The fraction of sp³-hybridized carbons (Fsp3) is 0.333. The molecule has 2 amide bonds. The van der Waals surface area contributed by atoms with Crippen molar-refractivity contribution >= 4 is 39.1 Å². The maximum atomic E-state index is 14.1. The molecule has 0 radical (unpaired) electrons. The molecule has 3 rings (SSSR count). The number of rotatable bonds is 13. The molecule has 1 N–H and O–H groups in total. The fourth-order valence-electron chi connectivity index (χ4n) is 4.15. The molecule has 0 bridgehead atoms. The van der Waals surface area contributed by atoms with E-state index < -0.39 is 28.5 Å². The number of methoxy groups -OCH3 is 1. The molecule has 3 aromatic rings. The van der Waals surface area contributed by atoms with Crippen molar-refractivity contribution in [1.82, 2.24) is 10.2 Å². The van der Waals surface area contributed by atoms with Crippen LogP contribution in [0.5, 0.6) is 5.75 Å². The van der Waals surface area contributed by atoms with Crippen molar-refractivity contribution in [2.45, 2.75) is 44.7 Å². The Morgan fingerprint density at radius 1 is 0.950 bits per heavy atom. The number of carbonyl (C=O) groups is 2. The van der Waals surface area contributed by atoms with Gasteiger partial charge in [-0.2, -0.15) is 0 Å². The lowest BCUT2D eigenvalue weighted by atomic mass is 10.1. The van der Waals surface area contributed by atoms with Crippen LogP contribution < -0.4 is 14.4 Å². The highest BCUT2D eigenvalue weighted by Crippen LogP contribution is 2.27. The summed E-state index contributed by atoms with van der Waals surface area (Å²) in [5.41, 5.74) is 0.933. The molecule has 214 valence electrons. The molecular formula is C30H36ClN3O5S. The minimum atomic E-state index is -4.14. The van der Waals surface area contributed by atoms with Gasteiger partial charge in [0.05, 0.1) is 17.7 Å². The van der Waals surface area contributed by atoms with Crippen molar-refractivity contribution in [3.8, 4) is 5.75 Å². The summed E-state index contributed by atoms with van der Waals surface area (Å²) >= 11 is 6.43. The van der Waals surface area contributed by atoms with Crippen LogP contribution in [0, 0.1) is 5.92 Å². The van der Waals surface area contributed by atoms with Crippen molar-refractivity contribution in [3.63, 3.8) is 0 Å². The van der Waals surface area contributed by atoms with E-state index in [4.69, 9.17) is 16.3 Å². The van der Waals surface area contributed by atoms with Crippen LogP contribution in [0.3, 0.4) is 0 Å². The molecular weight excluding hydrogens is 550 g/mol. The summed E-state index contributed by atoms with van der Waals surface area (Å²) in [7, 11) is -2.63. The molecule has 10 heteroatoms. The second-order valence-electron chi connectivity index (χ2n) is 9.70. The molecule has 0 saturated carbocycles. The van der Waals surface area contributed by atoms with E-state index in [-0.39, 0.29) is 29.0 Å². The monoisotopic (exact) mass is 585 g/mol. The first kappa shape index (κ1) is 31.0. The number of amides is 2. The third kappa shape index (κ3) is 7.76. The first-order chi connectivity index (χ1) is 19.1. The summed E-state index contributed by atoms with van der Waals surface area (Å²) in [5, 5.41) is 3.36. The van der Waals surface area contributed by atoms with Gasteiger partial charge in [0, 0.05) is 18.1 Å². The molecule has 8 nitrogen and oxygen atoms in total. The zero-order chi connectivity index (χ0) is 29.3. The molecule has 0 aromatic heterocycles. The van der Waals surface area contributed by atoms with E-state index in [0.717, 1.165) is 4.31 Å². The van der Waals surface area contributed by atoms with Crippen LogP contribution in [0.15, 0.2) is 83.8 Å².